The summed E-state index contributed by atoms with van der Waals surface area (Å²) in [5.41, 5.74) is 1.21. The molecule has 0 fully saturated rings. The minimum Gasteiger partial charge on any atom is -0.495 e. The number of nitrogens with zero attached hydrogens (tertiary/aromatic N) is 3. The number of carbonyl (C=O) groups excluding carboxylic acids is 1. The highest BCUT2D eigenvalue weighted by molar-refractivity contribution is 7.99. The van der Waals surface area contributed by atoms with E-state index in [4.69, 9.17) is 16.3 Å². The van der Waals surface area contributed by atoms with Gasteiger partial charge in [0.05, 0.1) is 18.6 Å². The van der Waals surface area contributed by atoms with Gasteiger partial charge in [-0.1, -0.05) is 29.4 Å². The molecule has 0 aliphatic carbocycles. The largest absolute Gasteiger partial charge is 0.495 e. The monoisotopic (exact) mass is 432 g/mol. The van der Waals surface area contributed by atoms with Gasteiger partial charge in [0.15, 0.2) is 11.0 Å². The van der Waals surface area contributed by atoms with Crippen molar-refractivity contribution >= 4 is 35.0 Å². The van der Waals surface area contributed by atoms with Crippen LogP contribution in [0.5, 0.6) is 5.75 Å². The summed E-state index contributed by atoms with van der Waals surface area (Å²) in [6, 6.07) is 11.0. The van der Waals surface area contributed by atoms with Crippen LogP contribution in [0.2, 0.25) is 5.02 Å². The van der Waals surface area contributed by atoms with Gasteiger partial charge in [0.25, 0.3) is 0 Å². The molecule has 6 nitrogen and oxygen atoms in total. The van der Waals surface area contributed by atoms with Gasteiger partial charge in [0, 0.05) is 17.1 Å². The number of benzene rings is 2. The number of carbonyl (C=O) groups is 1. The molecule has 1 amide bonds. The Kier molecular flexibility index (Phi) is 6.90. The summed E-state index contributed by atoms with van der Waals surface area (Å²) in [4.78, 5) is 12.4. The standard InChI is InChI=1S/C20H18ClFN4O2S/c1-3-10-26-19(13-4-7-15(22)8-5-13)24-25-20(26)29-12-18(27)23-16-11-14(21)6-9-17(16)28-2/h3-9,11H,1,10,12H2,2H3,(H,23,27). The second-order valence-electron chi connectivity index (χ2n) is 5.89. The molecule has 2 aromatic carbocycles. The number of anilines is 1. The smallest absolute Gasteiger partial charge is 0.234 e. The number of amides is 1. The topological polar surface area (TPSA) is 69.0 Å². The van der Waals surface area contributed by atoms with Gasteiger partial charge in [-0.15, -0.1) is 16.8 Å². The average molecular weight is 433 g/mol. The maximum atomic E-state index is 13.2. The molecular formula is C20H18ClFN4O2S. The van der Waals surface area contributed by atoms with Gasteiger partial charge < -0.3 is 10.1 Å². The van der Waals surface area contributed by atoms with E-state index in [1.807, 2.05) is 4.57 Å². The van der Waals surface area contributed by atoms with Gasteiger partial charge in [-0.3, -0.25) is 9.36 Å². The van der Waals surface area contributed by atoms with E-state index in [2.05, 4.69) is 22.1 Å². The molecule has 29 heavy (non-hydrogen) atoms. The van der Waals surface area contributed by atoms with Gasteiger partial charge >= 0.3 is 0 Å². The number of nitrogens with one attached hydrogen (secondary N) is 1. The molecule has 0 radical (unpaired) electrons. The van der Waals surface area contributed by atoms with E-state index in [1.165, 1.54) is 31.0 Å². The second-order valence-corrected chi connectivity index (χ2v) is 7.27. The lowest BCUT2D eigenvalue weighted by Gasteiger charge is -2.11. The van der Waals surface area contributed by atoms with Gasteiger partial charge in [0.2, 0.25) is 5.91 Å². The summed E-state index contributed by atoms with van der Waals surface area (Å²) in [5.74, 6) is 0.623. The van der Waals surface area contributed by atoms with Crippen molar-refractivity contribution in [2.45, 2.75) is 11.7 Å². The summed E-state index contributed by atoms with van der Waals surface area (Å²) in [6.45, 7) is 4.20. The SMILES string of the molecule is C=CCn1c(SCC(=O)Nc2cc(Cl)ccc2OC)nnc1-c1ccc(F)cc1. The quantitative estimate of drug-likeness (QED) is 0.414. The van der Waals surface area contributed by atoms with Crippen LogP contribution in [0.15, 0.2) is 60.3 Å². The summed E-state index contributed by atoms with van der Waals surface area (Å²) in [6.07, 6.45) is 1.71. The van der Waals surface area contributed by atoms with Crippen molar-refractivity contribution in [2.24, 2.45) is 0 Å². The molecule has 3 aromatic rings. The van der Waals surface area contributed by atoms with Crippen LogP contribution in [-0.2, 0) is 11.3 Å². The number of hydrogen-bond acceptors (Lipinski definition) is 5. The van der Waals surface area contributed by atoms with Crippen LogP contribution >= 0.6 is 23.4 Å². The minimum atomic E-state index is -0.328. The fraction of sp³-hybridized carbons (Fsp3) is 0.150. The number of rotatable bonds is 8. The summed E-state index contributed by atoms with van der Waals surface area (Å²) >= 11 is 7.22. The summed E-state index contributed by atoms with van der Waals surface area (Å²) < 4.78 is 20.2. The van der Waals surface area contributed by atoms with Crippen molar-refractivity contribution in [1.82, 2.24) is 14.8 Å². The van der Waals surface area contributed by atoms with Crippen molar-refractivity contribution < 1.29 is 13.9 Å². The third kappa shape index (κ3) is 5.16. The fourth-order valence-corrected chi connectivity index (χ4v) is 3.52. The minimum absolute atomic E-state index is 0.106. The number of hydrogen-bond donors (Lipinski definition) is 1. The van der Waals surface area contributed by atoms with Crippen LogP contribution in [0.3, 0.4) is 0 Å². The zero-order valence-corrected chi connectivity index (χ0v) is 17.1. The Balaban J connectivity index is 1.73. The van der Waals surface area contributed by atoms with E-state index in [-0.39, 0.29) is 17.5 Å². The average Bonchev–Trinajstić information content (AvgIpc) is 3.10. The third-order valence-electron chi connectivity index (χ3n) is 3.90. The van der Waals surface area contributed by atoms with Crippen molar-refractivity contribution in [2.75, 3.05) is 18.2 Å². The number of thioether (sulfide) groups is 1. The Morgan fingerprint density at radius 1 is 1.31 bits per heavy atom. The summed E-state index contributed by atoms with van der Waals surface area (Å²) in [7, 11) is 1.52. The molecule has 0 aliphatic heterocycles. The fourth-order valence-electron chi connectivity index (χ4n) is 2.60. The van der Waals surface area contributed by atoms with E-state index in [9.17, 15) is 9.18 Å². The molecule has 9 heteroatoms. The zero-order chi connectivity index (χ0) is 20.8. The first-order valence-electron chi connectivity index (χ1n) is 8.58. The molecule has 1 N–H and O–H groups in total. The number of methoxy groups -OCH3 is 1. The molecule has 0 saturated heterocycles. The van der Waals surface area contributed by atoms with Crippen molar-refractivity contribution in [3.8, 4) is 17.1 Å². The highest BCUT2D eigenvalue weighted by atomic mass is 35.5. The molecule has 1 aromatic heterocycles. The normalized spacial score (nSPS) is 10.6. The Morgan fingerprint density at radius 2 is 2.07 bits per heavy atom. The second kappa shape index (κ2) is 9.58. The Labute approximate surface area is 176 Å². The number of allylic oxidation sites excluding steroid dienone is 1. The van der Waals surface area contributed by atoms with Crippen LogP contribution in [0, 0.1) is 5.82 Å². The van der Waals surface area contributed by atoms with Gasteiger partial charge in [-0.05, 0) is 42.5 Å². The van der Waals surface area contributed by atoms with E-state index >= 15 is 0 Å². The Hall–Kier alpha value is -2.84. The maximum Gasteiger partial charge on any atom is 0.234 e. The summed E-state index contributed by atoms with van der Waals surface area (Å²) in [5, 5.41) is 12.2. The predicted molar refractivity (Wildman–Crippen MR) is 113 cm³/mol. The molecule has 0 bridgehead atoms. The van der Waals surface area contributed by atoms with Crippen LogP contribution < -0.4 is 10.1 Å². The maximum absolute atomic E-state index is 13.2. The zero-order valence-electron chi connectivity index (χ0n) is 15.6. The van der Waals surface area contributed by atoms with E-state index in [0.29, 0.717) is 34.0 Å². The molecular weight excluding hydrogens is 415 g/mol. The number of aromatic nitrogens is 3. The van der Waals surface area contributed by atoms with Crippen LogP contribution in [0.4, 0.5) is 10.1 Å². The van der Waals surface area contributed by atoms with Gasteiger partial charge in [-0.2, -0.15) is 0 Å². The number of ether oxygens (including phenoxy) is 1. The van der Waals surface area contributed by atoms with Crippen LogP contribution in [0.25, 0.3) is 11.4 Å². The van der Waals surface area contributed by atoms with Crippen molar-refractivity contribution in [3.05, 3.63) is 66.0 Å². The Morgan fingerprint density at radius 3 is 2.76 bits per heavy atom. The number of halogens is 2. The van der Waals surface area contributed by atoms with Crippen LogP contribution in [-0.4, -0.2) is 33.5 Å². The van der Waals surface area contributed by atoms with E-state index in [1.54, 1.807) is 36.4 Å². The van der Waals surface area contributed by atoms with Crippen molar-refractivity contribution in [1.29, 1.82) is 0 Å². The third-order valence-corrected chi connectivity index (χ3v) is 5.10. The first-order chi connectivity index (χ1) is 14.0. The molecule has 0 atom stereocenters. The molecule has 3 rings (SSSR count). The van der Waals surface area contributed by atoms with Crippen molar-refractivity contribution in [3.63, 3.8) is 0 Å². The van der Waals surface area contributed by atoms with E-state index in [0.717, 1.165) is 5.56 Å². The van der Waals surface area contributed by atoms with Crippen LogP contribution in [0.1, 0.15) is 0 Å². The first-order valence-corrected chi connectivity index (χ1v) is 9.94. The predicted octanol–water partition coefficient (Wildman–Crippen LogP) is 4.66. The lowest BCUT2D eigenvalue weighted by atomic mass is 10.2. The molecule has 0 unspecified atom stereocenters. The lowest BCUT2D eigenvalue weighted by molar-refractivity contribution is -0.113. The van der Waals surface area contributed by atoms with Gasteiger partial charge in [0.1, 0.15) is 11.6 Å². The van der Waals surface area contributed by atoms with Gasteiger partial charge in [-0.25, -0.2) is 4.39 Å². The Bertz CT molecular complexity index is 1020. The first kappa shape index (κ1) is 20.9. The molecule has 0 spiro atoms. The molecule has 1 heterocycles. The lowest BCUT2D eigenvalue weighted by Crippen LogP contribution is -2.15. The highest BCUT2D eigenvalue weighted by Crippen LogP contribution is 2.28. The van der Waals surface area contributed by atoms with E-state index < -0.39 is 0 Å². The molecule has 150 valence electrons. The highest BCUT2D eigenvalue weighted by Gasteiger charge is 2.16. The molecule has 0 saturated carbocycles. The molecule has 0 aliphatic rings.